The molecular formula is C16H19BrN6S2. The fourth-order valence-corrected chi connectivity index (χ4v) is 5.61. The summed E-state index contributed by atoms with van der Waals surface area (Å²) in [5.74, 6) is 0. The number of anilines is 1. The molecule has 0 aliphatic heterocycles. The molecule has 0 aliphatic carbocycles. The second-order valence-electron chi connectivity index (χ2n) is 6.74. The first-order chi connectivity index (χ1) is 11.8. The summed E-state index contributed by atoms with van der Waals surface area (Å²) in [6.45, 7) is 6.45. The largest absolute Gasteiger partial charge is 0.378 e. The highest BCUT2D eigenvalue weighted by Crippen LogP contribution is 2.39. The molecule has 0 atom stereocenters. The molecule has 2 aromatic heterocycles. The molecule has 3 aromatic rings. The van der Waals surface area contributed by atoms with Gasteiger partial charge in [-0.05, 0) is 62.4 Å². The van der Waals surface area contributed by atoms with Crippen molar-refractivity contribution < 1.29 is 0 Å². The Morgan fingerprint density at radius 2 is 1.84 bits per heavy atom. The Kier molecular flexibility index (Phi) is 5.17. The van der Waals surface area contributed by atoms with Crippen LogP contribution in [0.1, 0.15) is 26.5 Å². The first-order valence-electron chi connectivity index (χ1n) is 7.66. The number of hydrogen-bond acceptors (Lipinski definition) is 7. The van der Waals surface area contributed by atoms with Gasteiger partial charge in [0, 0.05) is 25.2 Å². The predicted octanol–water partition coefficient (Wildman–Crippen LogP) is 4.40. The van der Waals surface area contributed by atoms with E-state index < -0.39 is 0 Å². The molecule has 0 fully saturated rings. The molecule has 0 saturated heterocycles. The second kappa shape index (κ2) is 7.05. The number of hydrogen-bond donors (Lipinski definition) is 0. The van der Waals surface area contributed by atoms with E-state index in [9.17, 15) is 0 Å². The maximum Gasteiger partial charge on any atom is 0.221 e. The van der Waals surface area contributed by atoms with Crippen LogP contribution in [0.4, 0.5) is 5.69 Å². The van der Waals surface area contributed by atoms with Crippen LogP contribution in [0.3, 0.4) is 0 Å². The highest BCUT2D eigenvalue weighted by atomic mass is 79.9. The van der Waals surface area contributed by atoms with Crippen molar-refractivity contribution in [3.8, 4) is 5.69 Å². The Hall–Kier alpha value is -1.45. The van der Waals surface area contributed by atoms with Gasteiger partial charge in [0.05, 0.1) is 15.2 Å². The quantitative estimate of drug-likeness (QED) is 0.601. The van der Waals surface area contributed by atoms with Crippen molar-refractivity contribution in [3.05, 3.63) is 33.7 Å². The van der Waals surface area contributed by atoms with Crippen LogP contribution in [0.5, 0.6) is 0 Å². The minimum absolute atomic E-state index is 0.0118. The lowest BCUT2D eigenvalue weighted by Gasteiger charge is -2.15. The number of thiazole rings is 1. The van der Waals surface area contributed by atoms with Crippen molar-refractivity contribution in [2.75, 3.05) is 19.0 Å². The van der Waals surface area contributed by atoms with Gasteiger partial charge in [-0.2, -0.15) is 4.68 Å². The summed E-state index contributed by atoms with van der Waals surface area (Å²) in [6.07, 6.45) is 0. The van der Waals surface area contributed by atoms with Gasteiger partial charge in [0.2, 0.25) is 5.16 Å². The minimum Gasteiger partial charge on any atom is -0.378 e. The van der Waals surface area contributed by atoms with Crippen LogP contribution in [0.15, 0.2) is 37.5 Å². The van der Waals surface area contributed by atoms with E-state index in [1.807, 2.05) is 38.4 Å². The van der Waals surface area contributed by atoms with Crippen molar-refractivity contribution >= 4 is 44.7 Å². The monoisotopic (exact) mass is 438 g/mol. The van der Waals surface area contributed by atoms with Crippen LogP contribution >= 0.6 is 39.0 Å². The fourth-order valence-electron chi connectivity index (χ4n) is 2.16. The normalized spacial score (nSPS) is 11.8. The molecule has 0 unspecified atom stereocenters. The Morgan fingerprint density at radius 3 is 2.40 bits per heavy atom. The summed E-state index contributed by atoms with van der Waals surface area (Å²) in [7, 11) is 4.03. The zero-order chi connectivity index (χ0) is 18.2. The van der Waals surface area contributed by atoms with E-state index >= 15 is 0 Å². The molecule has 0 radical (unpaired) electrons. The molecule has 2 heterocycles. The topological polar surface area (TPSA) is 59.7 Å². The third-order valence-corrected chi connectivity index (χ3v) is 6.21. The zero-order valence-corrected chi connectivity index (χ0v) is 17.9. The minimum atomic E-state index is -0.0118. The molecule has 0 aliphatic rings. The molecule has 9 heteroatoms. The van der Waals surface area contributed by atoms with E-state index in [0.717, 1.165) is 25.2 Å². The summed E-state index contributed by atoms with van der Waals surface area (Å²) in [5.41, 5.74) is 3.09. The van der Waals surface area contributed by atoms with Crippen molar-refractivity contribution in [1.82, 2.24) is 25.2 Å². The average Bonchev–Trinajstić information content (AvgIpc) is 3.14. The Balaban J connectivity index is 1.87. The number of rotatable bonds is 4. The van der Waals surface area contributed by atoms with Gasteiger partial charge in [0.1, 0.15) is 0 Å². The standard InChI is InChI=1S/C16H19BrN6S2/c1-16(2,3)12-13(17)24-15(18-12)25-14-19-20-21-23(14)11-8-6-10(7-9-11)22(4)5/h6-9H,1-5H3. The molecule has 3 rings (SSSR count). The molecule has 6 nitrogen and oxygen atoms in total. The van der Waals surface area contributed by atoms with Gasteiger partial charge >= 0.3 is 0 Å². The Morgan fingerprint density at radius 1 is 1.16 bits per heavy atom. The SMILES string of the molecule is CN(C)c1ccc(-n2nnnc2Sc2nc(C(C)(C)C)c(Br)s2)cc1. The Bertz CT molecular complexity index is 864. The van der Waals surface area contributed by atoms with Gasteiger partial charge in [-0.25, -0.2) is 4.98 Å². The predicted molar refractivity (Wildman–Crippen MR) is 106 cm³/mol. The highest BCUT2D eigenvalue weighted by molar-refractivity contribution is 9.11. The zero-order valence-electron chi connectivity index (χ0n) is 14.7. The molecule has 0 saturated carbocycles. The number of nitrogens with zero attached hydrogens (tertiary/aromatic N) is 6. The highest BCUT2D eigenvalue weighted by Gasteiger charge is 2.23. The third-order valence-electron chi connectivity index (χ3n) is 3.51. The molecule has 0 N–H and O–H groups in total. The molecular weight excluding hydrogens is 420 g/mol. The number of benzene rings is 1. The van der Waals surface area contributed by atoms with Crippen molar-refractivity contribution in [3.63, 3.8) is 0 Å². The summed E-state index contributed by atoms with van der Waals surface area (Å²) in [4.78, 5) is 6.80. The summed E-state index contributed by atoms with van der Waals surface area (Å²) < 4.78 is 3.70. The van der Waals surface area contributed by atoms with Gasteiger partial charge in [-0.1, -0.05) is 32.1 Å². The van der Waals surface area contributed by atoms with Crippen molar-refractivity contribution in [2.45, 2.75) is 35.7 Å². The maximum atomic E-state index is 4.75. The van der Waals surface area contributed by atoms with Crippen LogP contribution in [0.2, 0.25) is 0 Å². The van der Waals surface area contributed by atoms with E-state index in [1.165, 1.54) is 11.8 Å². The van der Waals surface area contributed by atoms with Crippen LogP contribution < -0.4 is 4.90 Å². The fraction of sp³-hybridized carbons (Fsp3) is 0.375. The van der Waals surface area contributed by atoms with Crippen molar-refractivity contribution in [2.24, 2.45) is 0 Å². The third kappa shape index (κ3) is 4.04. The molecule has 25 heavy (non-hydrogen) atoms. The lowest BCUT2D eigenvalue weighted by molar-refractivity contribution is 0.566. The van der Waals surface area contributed by atoms with E-state index in [2.05, 4.69) is 57.1 Å². The number of halogens is 1. The average molecular weight is 439 g/mol. The van der Waals surface area contributed by atoms with Gasteiger partial charge in [-0.3, -0.25) is 0 Å². The molecule has 0 amide bonds. The van der Waals surface area contributed by atoms with Crippen LogP contribution in [0, 0.1) is 0 Å². The summed E-state index contributed by atoms with van der Waals surface area (Å²) in [6, 6.07) is 8.11. The van der Waals surface area contributed by atoms with Crippen LogP contribution in [-0.2, 0) is 5.41 Å². The van der Waals surface area contributed by atoms with E-state index in [0.29, 0.717) is 5.16 Å². The van der Waals surface area contributed by atoms with Gasteiger partial charge < -0.3 is 4.90 Å². The van der Waals surface area contributed by atoms with Gasteiger partial charge in [-0.15, -0.1) is 5.10 Å². The number of aromatic nitrogens is 5. The second-order valence-corrected chi connectivity index (χ2v) is 10.3. The first kappa shape index (κ1) is 18.3. The summed E-state index contributed by atoms with van der Waals surface area (Å²) in [5, 5.41) is 12.8. The summed E-state index contributed by atoms with van der Waals surface area (Å²) >= 11 is 6.70. The van der Waals surface area contributed by atoms with Gasteiger partial charge in [0.25, 0.3) is 0 Å². The maximum absolute atomic E-state index is 4.75. The smallest absolute Gasteiger partial charge is 0.221 e. The van der Waals surface area contributed by atoms with E-state index in [4.69, 9.17) is 4.98 Å². The first-order valence-corrected chi connectivity index (χ1v) is 10.1. The lowest BCUT2D eigenvalue weighted by atomic mass is 9.93. The molecule has 0 spiro atoms. The lowest BCUT2D eigenvalue weighted by Crippen LogP contribution is -2.12. The molecule has 0 bridgehead atoms. The molecule has 132 valence electrons. The van der Waals surface area contributed by atoms with Gasteiger partial charge in [0.15, 0.2) is 4.34 Å². The van der Waals surface area contributed by atoms with E-state index in [1.54, 1.807) is 16.0 Å². The number of tetrazole rings is 1. The Labute approximate surface area is 163 Å². The van der Waals surface area contributed by atoms with Crippen LogP contribution in [0.25, 0.3) is 5.69 Å². The van der Waals surface area contributed by atoms with Crippen LogP contribution in [-0.4, -0.2) is 39.3 Å². The van der Waals surface area contributed by atoms with E-state index in [-0.39, 0.29) is 5.41 Å². The molecule has 1 aromatic carbocycles. The van der Waals surface area contributed by atoms with Crippen molar-refractivity contribution in [1.29, 1.82) is 0 Å².